The molecule has 2 heteroatoms. The van der Waals surface area contributed by atoms with E-state index in [2.05, 4.69) is 152 Å². The lowest BCUT2D eigenvalue weighted by Crippen LogP contribution is -1.91. The Morgan fingerprint density at radius 3 is 1.52 bits per heavy atom. The fraction of sp³-hybridized carbons (Fsp3) is 0. The molecule has 2 nitrogen and oxygen atoms in total. The summed E-state index contributed by atoms with van der Waals surface area (Å²) in [6.45, 7) is 0. The Morgan fingerprint density at radius 1 is 0.260 bits per heavy atom. The molecule has 2 aromatic heterocycles. The summed E-state index contributed by atoms with van der Waals surface area (Å²) in [7, 11) is 0. The zero-order chi connectivity index (χ0) is 32.8. The fourth-order valence-corrected chi connectivity index (χ4v) is 8.15. The minimum absolute atomic E-state index is 0.801. The lowest BCUT2D eigenvalue weighted by molar-refractivity contribution is 0.633. The van der Waals surface area contributed by atoms with Crippen LogP contribution in [0.4, 0.5) is 0 Å². The molecule has 0 saturated heterocycles. The number of benzene rings is 9. The molecular weight excluding hydrogens is 609 g/mol. The van der Waals surface area contributed by atoms with Crippen LogP contribution >= 0.6 is 0 Å². The van der Waals surface area contributed by atoms with Crippen molar-refractivity contribution in [2.24, 2.45) is 0 Å². The van der Waals surface area contributed by atoms with Gasteiger partial charge in [0.25, 0.3) is 0 Å². The van der Waals surface area contributed by atoms with Crippen molar-refractivity contribution in [3.63, 3.8) is 0 Å². The zero-order valence-electron chi connectivity index (χ0n) is 27.0. The van der Waals surface area contributed by atoms with Gasteiger partial charge in [-0.1, -0.05) is 127 Å². The largest absolute Gasteiger partial charge is 0.452 e. The number of hydrogen-bond donors (Lipinski definition) is 0. The summed E-state index contributed by atoms with van der Waals surface area (Å²) in [6.07, 6.45) is 0. The van der Waals surface area contributed by atoms with Gasteiger partial charge in [-0.25, -0.2) is 0 Å². The number of para-hydroxylation sites is 1. The highest BCUT2D eigenvalue weighted by molar-refractivity contribution is 6.22. The Balaban J connectivity index is 1.08. The number of rotatable bonds is 3. The fourth-order valence-electron chi connectivity index (χ4n) is 8.15. The highest BCUT2D eigenvalue weighted by Gasteiger charge is 2.18. The highest BCUT2D eigenvalue weighted by atomic mass is 16.4. The van der Waals surface area contributed by atoms with Crippen LogP contribution in [-0.4, -0.2) is 0 Å². The minimum atomic E-state index is 0.801. The van der Waals surface area contributed by atoms with E-state index in [-0.39, 0.29) is 0 Å². The van der Waals surface area contributed by atoms with Crippen LogP contribution < -0.4 is 0 Å². The summed E-state index contributed by atoms with van der Waals surface area (Å²) in [5.41, 5.74) is 10.7. The van der Waals surface area contributed by atoms with Crippen molar-refractivity contribution >= 4 is 76.2 Å². The Labute approximate surface area is 287 Å². The Bertz CT molecular complexity index is 3080. The zero-order valence-corrected chi connectivity index (χ0v) is 27.0. The van der Waals surface area contributed by atoms with Crippen molar-refractivity contribution in [2.75, 3.05) is 0 Å². The average molecular weight is 637 g/mol. The third-order valence-corrected chi connectivity index (χ3v) is 10.4. The van der Waals surface area contributed by atoms with Gasteiger partial charge in [0.05, 0.1) is 0 Å². The molecule has 11 rings (SSSR count). The van der Waals surface area contributed by atoms with Crippen LogP contribution in [0.25, 0.3) is 110 Å². The summed E-state index contributed by atoms with van der Waals surface area (Å²) in [5, 5.41) is 11.7. The molecule has 50 heavy (non-hydrogen) atoms. The summed E-state index contributed by atoms with van der Waals surface area (Å²) in [6, 6.07) is 61.1. The minimum Gasteiger partial charge on any atom is -0.452 e. The predicted octanol–water partition coefficient (Wildman–Crippen LogP) is 13.9. The van der Waals surface area contributed by atoms with E-state index in [1.54, 1.807) is 0 Å². The SMILES string of the molecule is c1ccc(-c2c3ccccc3c(-c3cccc(-c4ccc5cc6c(cc5c4)oc4c6ccc5c6ccccc6oc54)c3)c3ccccc23)cc1. The second-order valence-corrected chi connectivity index (χ2v) is 13.2. The molecule has 0 aliphatic carbocycles. The van der Waals surface area contributed by atoms with Gasteiger partial charge >= 0.3 is 0 Å². The maximum absolute atomic E-state index is 6.56. The highest BCUT2D eigenvalue weighted by Crippen LogP contribution is 2.45. The summed E-state index contributed by atoms with van der Waals surface area (Å²) < 4.78 is 12.9. The molecule has 232 valence electrons. The summed E-state index contributed by atoms with van der Waals surface area (Å²) in [5.74, 6) is 0. The van der Waals surface area contributed by atoms with Crippen LogP contribution in [0, 0.1) is 0 Å². The van der Waals surface area contributed by atoms with Crippen LogP contribution in [0.15, 0.2) is 179 Å². The van der Waals surface area contributed by atoms with Gasteiger partial charge in [-0.15, -0.1) is 0 Å². The predicted molar refractivity (Wildman–Crippen MR) is 210 cm³/mol. The normalized spacial score (nSPS) is 12.0. The molecule has 0 aliphatic rings. The van der Waals surface area contributed by atoms with Crippen LogP contribution in [-0.2, 0) is 0 Å². The maximum Gasteiger partial charge on any atom is 0.178 e. The van der Waals surface area contributed by atoms with Crippen LogP contribution in [0.3, 0.4) is 0 Å². The maximum atomic E-state index is 6.56. The topological polar surface area (TPSA) is 26.3 Å². The van der Waals surface area contributed by atoms with Gasteiger partial charge in [0.1, 0.15) is 11.2 Å². The molecule has 0 aliphatic heterocycles. The molecule has 0 bridgehead atoms. The molecule has 0 radical (unpaired) electrons. The van der Waals surface area contributed by atoms with E-state index in [1.807, 2.05) is 18.2 Å². The third kappa shape index (κ3) is 3.96. The number of furan rings is 2. The second-order valence-electron chi connectivity index (χ2n) is 13.2. The molecule has 11 aromatic rings. The lowest BCUT2D eigenvalue weighted by atomic mass is 9.85. The molecule has 0 saturated carbocycles. The Kier molecular flexibility index (Phi) is 5.70. The van der Waals surface area contributed by atoms with E-state index in [4.69, 9.17) is 8.83 Å². The molecular formula is C48H28O2. The molecule has 2 heterocycles. The first-order valence-corrected chi connectivity index (χ1v) is 17.1. The van der Waals surface area contributed by atoms with E-state index in [9.17, 15) is 0 Å². The third-order valence-electron chi connectivity index (χ3n) is 10.4. The first-order chi connectivity index (χ1) is 24.8. The molecule has 0 amide bonds. The van der Waals surface area contributed by atoms with Gasteiger partial charge in [0, 0.05) is 21.5 Å². The standard InChI is InChI=1S/C48H28O2/c1-2-11-29(12-3-1)45-36-16-4-6-18-38(36)46(39-19-7-5-17-37(39)45)33-14-10-13-30(25-33)31-21-22-32-27-42-41-24-23-40-35-15-8-9-20-43(35)49-47(40)48(41)50-44(42)28-34(32)26-31/h1-28H. The quantitative estimate of drug-likeness (QED) is 0.180. The van der Waals surface area contributed by atoms with E-state index in [0.29, 0.717) is 0 Å². The molecule has 0 spiro atoms. The number of fused-ring (bicyclic) bond motifs is 10. The Hall–Kier alpha value is -6.64. The van der Waals surface area contributed by atoms with Crippen LogP contribution in [0.5, 0.6) is 0 Å². The van der Waals surface area contributed by atoms with Crippen LogP contribution in [0.1, 0.15) is 0 Å². The van der Waals surface area contributed by atoms with Crippen molar-refractivity contribution < 1.29 is 8.83 Å². The first kappa shape index (κ1) is 27.3. The van der Waals surface area contributed by atoms with Crippen molar-refractivity contribution in [2.45, 2.75) is 0 Å². The van der Waals surface area contributed by atoms with Gasteiger partial charge in [-0.05, 0) is 108 Å². The summed E-state index contributed by atoms with van der Waals surface area (Å²) >= 11 is 0. The van der Waals surface area contributed by atoms with Gasteiger partial charge in [0.2, 0.25) is 0 Å². The van der Waals surface area contributed by atoms with E-state index in [1.165, 1.54) is 60.3 Å². The van der Waals surface area contributed by atoms with Gasteiger partial charge in [0.15, 0.2) is 11.2 Å². The average Bonchev–Trinajstić information content (AvgIpc) is 3.74. The van der Waals surface area contributed by atoms with Crippen molar-refractivity contribution in [1.82, 2.24) is 0 Å². The van der Waals surface area contributed by atoms with Gasteiger partial charge in [-0.2, -0.15) is 0 Å². The molecule has 0 atom stereocenters. The monoisotopic (exact) mass is 636 g/mol. The molecule has 0 N–H and O–H groups in total. The Morgan fingerprint density at radius 2 is 0.800 bits per heavy atom. The molecule has 0 unspecified atom stereocenters. The lowest BCUT2D eigenvalue weighted by Gasteiger charge is -2.18. The van der Waals surface area contributed by atoms with Crippen molar-refractivity contribution in [3.8, 4) is 33.4 Å². The van der Waals surface area contributed by atoms with E-state index in [0.717, 1.165) is 49.3 Å². The smallest absolute Gasteiger partial charge is 0.178 e. The first-order valence-electron chi connectivity index (χ1n) is 17.1. The van der Waals surface area contributed by atoms with Crippen LogP contribution in [0.2, 0.25) is 0 Å². The van der Waals surface area contributed by atoms with E-state index >= 15 is 0 Å². The molecule has 0 fully saturated rings. The van der Waals surface area contributed by atoms with Gasteiger partial charge < -0.3 is 8.83 Å². The van der Waals surface area contributed by atoms with Crippen molar-refractivity contribution in [3.05, 3.63) is 170 Å². The second kappa shape index (κ2) is 10.4. The number of hydrogen-bond acceptors (Lipinski definition) is 2. The van der Waals surface area contributed by atoms with E-state index < -0.39 is 0 Å². The molecule has 9 aromatic carbocycles. The van der Waals surface area contributed by atoms with Gasteiger partial charge in [-0.3, -0.25) is 0 Å². The summed E-state index contributed by atoms with van der Waals surface area (Å²) in [4.78, 5) is 0. The van der Waals surface area contributed by atoms with Crippen molar-refractivity contribution in [1.29, 1.82) is 0 Å².